The van der Waals surface area contributed by atoms with E-state index in [1.807, 2.05) is 31.2 Å². The van der Waals surface area contributed by atoms with Crippen LogP contribution in [0.25, 0.3) is 6.08 Å². The Labute approximate surface area is 150 Å². The molecule has 0 spiro atoms. The highest BCUT2D eigenvalue weighted by Gasteiger charge is 2.21. The Morgan fingerprint density at radius 3 is 2.36 bits per heavy atom. The predicted octanol–water partition coefficient (Wildman–Crippen LogP) is 2.99. The highest BCUT2D eigenvalue weighted by molar-refractivity contribution is 5.92. The number of hydrogen-bond acceptors (Lipinski definition) is 4. The Hall–Kier alpha value is -2.14. The highest BCUT2D eigenvalue weighted by Crippen LogP contribution is 2.15. The normalized spacial score (nSPS) is 12.4. The lowest BCUT2D eigenvalue weighted by Crippen LogP contribution is -2.42. The minimum atomic E-state index is -0.376. The zero-order valence-electron chi connectivity index (χ0n) is 15.6. The Morgan fingerprint density at radius 1 is 1.24 bits per heavy atom. The summed E-state index contributed by atoms with van der Waals surface area (Å²) in [5.41, 5.74) is 2.18. The molecular formula is C20H29NO4. The van der Waals surface area contributed by atoms with Crippen molar-refractivity contribution in [1.82, 2.24) is 4.90 Å². The number of aliphatic hydroxyl groups is 1. The fraction of sp³-hybridized carbons (Fsp3) is 0.500. The van der Waals surface area contributed by atoms with Crippen LogP contribution in [0.3, 0.4) is 0 Å². The van der Waals surface area contributed by atoms with Crippen LogP contribution in [0.15, 0.2) is 30.3 Å². The molecule has 0 fully saturated rings. The van der Waals surface area contributed by atoms with Gasteiger partial charge in [0.2, 0.25) is 5.91 Å². The van der Waals surface area contributed by atoms with E-state index in [0.717, 1.165) is 5.56 Å². The number of hydrogen-bond donors (Lipinski definition) is 1. The molecule has 138 valence electrons. The summed E-state index contributed by atoms with van der Waals surface area (Å²) < 4.78 is 4.63. The van der Waals surface area contributed by atoms with Crippen molar-refractivity contribution < 1.29 is 19.4 Å². The zero-order valence-corrected chi connectivity index (χ0v) is 15.6. The monoisotopic (exact) mass is 347 g/mol. The average molecular weight is 347 g/mol. The van der Waals surface area contributed by atoms with Crippen LogP contribution in [0.5, 0.6) is 0 Å². The molecule has 0 aliphatic carbocycles. The van der Waals surface area contributed by atoms with E-state index < -0.39 is 0 Å². The van der Waals surface area contributed by atoms with Gasteiger partial charge in [0.25, 0.3) is 0 Å². The molecule has 1 N–H and O–H groups in total. The quantitative estimate of drug-likeness (QED) is 0.551. The summed E-state index contributed by atoms with van der Waals surface area (Å²) in [5.74, 6) is -0.139. The first-order valence-corrected chi connectivity index (χ1v) is 8.69. The van der Waals surface area contributed by atoms with Crippen molar-refractivity contribution in [2.45, 2.75) is 45.6 Å². The van der Waals surface area contributed by atoms with E-state index in [4.69, 9.17) is 0 Å². The van der Waals surface area contributed by atoms with Gasteiger partial charge in [-0.2, -0.15) is 0 Å². The van der Waals surface area contributed by atoms with Gasteiger partial charge in [-0.15, -0.1) is 0 Å². The van der Waals surface area contributed by atoms with Crippen LogP contribution in [0.4, 0.5) is 0 Å². The second kappa shape index (κ2) is 10.7. The van der Waals surface area contributed by atoms with E-state index in [0.29, 0.717) is 12.3 Å². The van der Waals surface area contributed by atoms with Crippen molar-refractivity contribution in [1.29, 1.82) is 0 Å². The molecule has 1 aromatic carbocycles. The standard InChI is InChI=1S/C20H29NO4/c1-5-18(14-22)21(13-12-20(24)25-4)19(23)11-8-16-6-9-17(10-7-16)15(2)3/h6-11,15,18,22H,5,12-14H2,1-4H3/b11-8+. The third-order valence-corrected chi connectivity index (χ3v) is 4.21. The molecule has 0 saturated carbocycles. The van der Waals surface area contributed by atoms with Crippen molar-refractivity contribution in [2.24, 2.45) is 0 Å². The van der Waals surface area contributed by atoms with Crippen molar-refractivity contribution in [3.63, 3.8) is 0 Å². The largest absolute Gasteiger partial charge is 0.469 e. The van der Waals surface area contributed by atoms with Crippen LogP contribution in [0, 0.1) is 0 Å². The molecule has 0 bridgehead atoms. The number of rotatable bonds is 9. The molecule has 0 aliphatic heterocycles. The molecule has 0 aromatic heterocycles. The van der Waals surface area contributed by atoms with E-state index in [9.17, 15) is 14.7 Å². The minimum Gasteiger partial charge on any atom is -0.469 e. The number of esters is 1. The Balaban J connectivity index is 2.83. The van der Waals surface area contributed by atoms with E-state index in [1.165, 1.54) is 23.6 Å². The van der Waals surface area contributed by atoms with Gasteiger partial charge in [0.05, 0.1) is 26.2 Å². The number of carbonyl (C=O) groups excluding carboxylic acids is 2. The van der Waals surface area contributed by atoms with Gasteiger partial charge in [-0.1, -0.05) is 45.0 Å². The first-order valence-electron chi connectivity index (χ1n) is 8.69. The number of ether oxygens (including phenoxy) is 1. The van der Waals surface area contributed by atoms with E-state index >= 15 is 0 Å². The second-order valence-corrected chi connectivity index (χ2v) is 6.26. The lowest BCUT2D eigenvalue weighted by atomic mass is 10.0. The number of amides is 1. The third-order valence-electron chi connectivity index (χ3n) is 4.21. The summed E-state index contributed by atoms with van der Waals surface area (Å²) in [5, 5.41) is 9.50. The van der Waals surface area contributed by atoms with Crippen LogP contribution in [0.1, 0.15) is 50.7 Å². The smallest absolute Gasteiger partial charge is 0.307 e. The summed E-state index contributed by atoms with van der Waals surface area (Å²) in [4.78, 5) is 25.4. The first kappa shape index (κ1) is 20.9. The highest BCUT2D eigenvalue weighted by atomic mass is 16.5. The van der Waals surface area contributed by atoms with Gasteiger partial charge in [0.1, 0.15) is 0 Å². The van der Waals surface area contributed by atoms with Gasteiger partial charge in [-0.25, -0.2) is 0 Å². The Bertz CT molecular complexity index is 574. The predicted molar refractivity (Wildman–Crippen MR) is 99.1 cm³/mol. The third kappa shape index (κ3) is 6.70. The number of nitrogens with zero attached hydrogens (tertiary/aromatic N) is 1. The topological polar surface area (TPSA) is 66.8 Å². The van der Waals surface area contributed by atoms with Crippen LogP contribution < -0.4 is 0 Å². The van der Waals surface area contributed by atoms with Gasteiger partial charge in [0.15, 0.2) is 0 Å². The van der Waals surface area contributed by atoms with Crippen LogP contribution >= 0.6 is 0 Å². The van der Waals surface area contributed by atoms with Crippen molar-refractivity contribution >= 4 is 18.0 Å². The molecule has 1 rings (SSSR count). The molecule has 5 heteroatoms. The first-order chi connectivity index (χ1) is 11.9. The molecule has 0 radical (unpaired) electrons. The van der Waals surface area contributed by atoms with Gasteiger partial charge < -0.3 is 14.7 Å². The maximum atomic E-state index is 12.5. The van der Waals surface area contributed by atoms with Gasteiger partial charge >= 0.3 is 5.97 Å². The van der Waals surface area contributed by atoms with E-state index in [2.05, 4.69) is 18.6 Å². The summed E-state index contributed by atoms with van der Waals surface area (Å²) in [6.45, 7) is 6.25. The lowest BCUT2D eigenvalue weighted by molar-refractivity contribution is -0.142. The molecule has 0 saturated heterocycles. The maximum absolute atomic E-state index is 12.5. The summed E-state index contributed by atoms with van der Waals surface area (Å²) >= 11 is 0. The average Bonchev–Trinajstić information content (AvgIpc) is 2.63. The summed E-state index contributed by atoms with van der Waals surface area (Å²) in [6, 6.07) is 7.73. The SMILES string of the molecule is CCC(CO)N(CCC(=O)OC)C(=O)/C=C/c1ccc(C(C)C)cc1. The van der Waals surface area contributed by atoms with Crippen LogP contribution in [-0.2, 0) is 14.3 Å². The molecule has 1 aromatic rings. The molecule has 25 heavy (non-hydrogen) atoms. The number of methoxy groups -OCH3 is 1. The molecule has 0 heterocycles. The van der Waals surface area contributed by atoms with Gasteiger partial charge in [-0.05, 0) is 29.5 Å². The van der Waals surface area contributed by atoms with Crippen LogP contribution in [0.2, 0.25) is 0 Å². The van der Waals surface area contributed by atoms with E-state index in [1.54, 1.807) is 6.08 Å². The number of benzene rings is 1. The van der Waals surface area contributed by atoms with Crippen molar-refractivity contribution in [2.75, 3.05) is 20.3 Å². The maximum Gasteiger partial charge on any atom is 0.307 e. The molecule has 1 amide bonds. The number of carbonyl (C=O) groups is 2. The molecule has 1 unspecified atom stereocenters. The summed E-state index contributed by atoms with van der Waals surface area (Å²) in [6.07, 6.45) is 3.96. The lowest BCUT2D eigenvalue weighted by Gasteiger charge is -2.28. The molecule has 5 nitrogen and oxygen atoms in total. The van der Waals surface area contributed by atoms with Gasteiger partial charge in [0, 0.05) is 12.6 Å². The molecule has 1 atom stereocenters. The summed E-state index contributed by atoms with van der Waals surface area (Å²) in [7, 11) is 1.32. The van der Waals surface area contributed by atoms with Gasteiger partial charge in [-0.3, -0.25) is 9.59 Å². The second-order valence-electron chi connectivity index (χ2n) is 6.26. The Kier molecular flexibility index (Phi) is 8.92. The fourth-order valence-electron chi connectivity index (χ4n) is 2.49. The molecule has 0 aliphatic rings. The zero-order chi connectivity index (χ0) is 18.8. The van der Waals surface area contributed by atoms with Crippen molar-refractivity contribution in [3.8, 4) is 0 Å². The number of aliphatic hydroxyl groups excluding tert-OH is 1. The minimum absolute atomic E-state index is 0.107. The fourth-order valence-corrected chi connectivity index (χ4v) is 2.49. The Morgan fingerprint density at radius 2 is 1.88 bits per heavy atom. The molecular weight excluding hydrogens is 318 g/mol. The van der Waals surface area contributed by atoms with Crippen LogP contribution in [-0.4, -0.2) is 48.2 Å². The van der Waals surface area contributed by atoms with E-state index in [-0.39, 0.29) is 37.5 Å². The van der Waals surface area contributed by atoms with Crippen molar-refractivity contribution in [3.05, 3.63) is 41.5 Å².